The average Bonchev–Trinajstić information content (AvgIpc) is 2.50. The molecule has 1 aliphatic rings. The third-order valence-electron chi connectivity index (χ3n) is 3.71. The highest BCUT2D eigenvalue weighted by molar-refractivity contribution is 9.10. The quantitative estimate of drug-likeness (QED) is 0.852. The van der Waals surface area contributed by atoms with Crippen molar-refractivity contribution in [1.29, 1.82) is 0 Å². The first-order valence-electron chi connectivity index (χ1n) is 7.41. The molecule has 2 aromatic rings. The Balaban J connectivity index is 1.68. The van der Waals surface area contributed by atoms with E-state index in [-0.39, 0.29) is 0 Å². The summed E-state index contributed by atoms with van der Waals surface area (Å²) in [5.74, 6) is 0.985. The predicted octanol–water partition coefficient (Wildman–Crippen LogP) is 3.14. The number of aryl methyl sites for hydroxylation is 1. The molecule has 0 N–H and O–H groups in total. The molecule has 0 aliphatic carbocycles. The van der Waals surface area contributed by atoms with Crippen LogP contribution in [0.3, 0.4) is 0 Å². The van der Waals surface area contributed by atoms with Crippen molar-refractivity contribution < 1.29 is 0 Å². The fourth-order valence-corrected chi connectivity index (χ4v) is 2.86. The molecule has 0 saturated carbocycles. The van der Waals surface area contributed by atoms with Crippen molar-refractivity contribution in [2.75, 3.05) is 6.54 Å². The van der Waals surface area contributed by atoms with Crippen molar-refractivity contribution in [2.45, 2.75) is 39.3 Å². The molecule has 5 heteroatoms. The van der Waals surface area contributed by atoms with Gasteiger partial charge in [-0.15, -0.1) is 0 Å². The minimum Gasteiger partial charge on any atom is -0.293 e. The van der Waals surface area contributed by atoms with E-state index in [1.807, 2.05) is 18.5 Å². The number of halogens is 1. The fraction of sp³-hybridized carbons (Fsp3) is 0.438. The Hall–Kier alpha value is -1.33. The second kappa shape index (κ2) is 6.62. The highest BCUT2D eigenvalue weighted by Crippen LogP contribution is 2.19. The van der Waals surface area contributed by atoms with Crippen LogP contribution in [0.2, 0.25) is 0 Å². The third-order valence-corrected chi connectivity index (χ3v) is 4.18. The zero-order chi connectivity index (χ0) is 14.7. The molecule has 0 spiro atoms. The van der Waals surface area contributed by atoms with Crippen LogP contribution in [0, 0.1) is 0 Å². The highest BCUT2D eigenvalue weighted by atomic mass is 79.9. The van der Waals surface area contributed by atoms with Crippen LogP contribution >= 0.6 is 15.9 Å². The van der Waals surface area contributed by atoms with Crippen molar-refractivity contribution in [3.63, 3.8) is 0 Å². The minimum absolute atomic E-state index is 0.878. The first-order valence-corrected chi connectivity index (χ1v) is 8.20. The molecule has 0 saturated heterocycles. The lowest BCUT2D eigenvalue weighted by molar-refractivity contribution is 0.239. The Morgan fingerprint density at radius 1 is 1.24 bits per heavy atom. The molecule has 0 amide bonds. The SMILES string of the molecule is CCCc1ncc2c(n1)CCN(Cc1ccc(Br)cn1)C2. The van der Waals surface area contributed by atoms with Gasteiger partial charge in [0.2, 0.25) is 0 Å². The van der Waals surface area contributed by atoms with Crippen molar-refractivity contribution in [1.82, 2.24) is 19.9 Å². The molecule has 0 atom stereocenters. The van der Waals surface area contributed by atoms with Gasteiger partial charge in [0.25, 0.3) is 0 Å². The van der Waals surface area contributed by atoms with Gasteiger partial charge in [0.05, 0.1) is 5.69 Å². The van der Waals surface area contributed by atoms with E-state index < -0.39 is 0 Å². The first-order chi connectivity index (χ1) is 10.2. The highest BCUT2D eigenvalue weighted by Gasteiger charge is 2.18. The van der Waals surface area contributed by atoms with E-state index in [2.05, 4.69) is 43.8 Å². The maximum atomic E-state index is 4.70. The number of hydrogen-bond acceptors (Lipinski definition) is 4. The fourth-order valence-electron chi connectivity index (χ4n) is 2.62. The minimum atomic E-state index is 0.878. The van der Waals surface area contributed by atoms with Crippen molar-refractivity contribution in [2.24, 2.45) is 0 Å². The van der Waals surface area contributed by atoms with Gasteiger partial charge in [-0.05, 0) is 34.5 Å². The number of pyridine rings is 1. The summed E-state index contributed by atoms with van der Waals surface area (Å²) in [4.78, 5) is 16.0. The van der Waals surface area contributed by atoms with E-state index in [4.69, 9.17) is 4.98 Å². The van der Waals surface area contributed by atoms with Crippen LogP contribution in [0.15, 0.2) is 29.0 Å². The lowest BCUT2D eigenvalue weighted by atomic mass is 10.1. The molecule has 3 rings (SSSR count). The van der Waals surface area contributed by atoms with Gasteiger partial charge >= 0.3 is 0 Å². The zero-order valence-corrected chi connectivity index (χ0v) is 13.8. The van der Waals surface area contributed by atoms with Crippen LogP contribution in [-0.2, 0) is 25.9 Å². The summed E-state index contributed by atoms with van der Waals surface area (Å²) in [7, 11) is 0. The molecular formula is C16H19BrN4. The van der Waals surface area contributed by atoms with Crippen LogP contribution in [-0.4, -0.2) is 26.4 Å². The van der Waals surface area contributed by atoms with Gasteiger partial charge in [0.1, 0.15) is 5.82 Å². The number of hydrogen-bond donors (Lipinski definition) is 0. The Kier molecular flexibility index (Phi) is 4.60. The first kappa shape index (κ1) is 14.6. The topological polar surface area (TPSA) is 41.9 Å². The van der Waals surface area contributed by atoms with Gasteiger partial charge in [-0.3, -0.25) is 9.88 Å². The van der Waals surface area contributed by atoms with E-state index in [1.54, 1.807) is 0 Å². The molecule has 3 heterocycles. The summed E-state index contributed by atoms with van der Waals surface area (Å²) in [6, 6.07) is 4.11. The van der Waals surface area contributed by atoms with Gasteiger partial charge in [-0.1, -0.05) is 6.92 Å². The number of nitrogens with zero attached hydrogens (tertiary/aromatic N) is 4. The van der Waals surface area contributed by atoms with Gasteiger partial charge < -0.3 is 0 Å². The van der Waals surface area contributed by atoms with E-state index in [0.29, 0.717) is 0 Å². The molecular weight excluding hydrogens is 328 g/mol. The Morgan fingerprint density at radius 2 is 2.14 bits per heavy atom. The largest absolute Gasteiger partial charge is 0.293 e. The molecule has 0 unspecified atom stereocenters. The Labute approximate surface area is 133 Å². The van der Waals surface area contributed by atoms with Gasteiger partial charge in [-0.2, -0.15) is 0 Å². The van der Waals surface area contributed by atoms with E-state index in [1.165, 1.54) is 11.3 Å². The number of fused-ring (bicyclic) bond motifs is 1. The molecule has 0 bridgehead atoms. The molecule has 1 aliphatic heterocycles. The third kappa shape index (κ3) is 3.66. The molecule has 2 aromatic heterocycles. The van der Waals surface area contributed by atoms with Gasteiger partial charge in [-0.25, -0.2) is 9.97 Å². The van der Waals surface area contributed by atoms with E-state index in [0.717, 1.165) is 54.9 Å². The number of rotatable bonds is 4. The summed E-state index contributed by atoms with van der Waals surface area (Å²) in [6.07, 6.45) is 6.94. The van der Waals surface area contributed by atoms with Crippen molar-refractivity contribution >= 4 is 15.9 Å². The summed E-state index contributed by atoms with van der Waals surface area (Å²) in [5.41, 5.74) is 3.59. The Morgan fingerprint density at radius 3 is 2.90 bits per heavy atom. The van der Waals surface area contributed by atoms with E-state index >= 15 is 0 Å². The van der Waals surface area contributed by atoms with Crippen molar-refractivity contribution in [3.05, 3.63) is 51.8 Å². The second-order valence-electron chi connectivity index (χ2n) is 5.44. The second-order valence-corrected chi connectivity index (χ2v) is 6.35. The standard InChI is InChI=1S/C16H19BrN4/c1-2-3-16-19-8-12-10-21(7-6-15(12)20-16)11-14-5-4-13(17)9-18-14/h4-5,8-9H,2-3,6-7,10-11H2,1H3. The van der Waals surface area contributed by atoms with Crippen LogP contribution in [0.4, 0.5) is 0 Å². The molecule has 4 nitrogen and oxygen atoms in total. The van der Waals surface area contributed by atoms with Crippen LogP contribution in [0.5, 0.6) is 0 Å². The molecule has 21 heavy (non-hydrogen) atoms. The predicted molar refractivity (Wildman–Crippen MR) is 85.8 cm³/mol. The lowest BCUT2D eigenvalue weighted by Gasteiger charge is -2.27. The normalized spacial score (nSPS) is 15.0. The average molecular weight is 347 g/mol. The van der Waals surface area contributed by atoms with Gasteiger partial charge in [0.15, 0.2) is 0 Å². The summed E-state index contributed by atoms with van der Waals surface area (Å²) >= 11 is 3.42. The van der Waals surface area contributed by atoms with Crippen molar-refractivity contribution in [3.8, 4) is 0 Å². The number of aromatic nitrogens is 3. The molecule has 0 radical (unpaired) electrons. The maximum absolute atomic E-state index is 4.70. The lowest BCUT2D eigenvalue weighted by Crippen LogP contribution is -2.31. The monoisotopic (exact) mass is 346 g/mol. The van der Waals surface area contributed by atoms with Gasteiger partial charge in [0, 0.05) is 60.6 Å². The van der Waals surface area contributed by atoms with Crippen LogP contribution in [0.25, 0.3) is 0 Å². The molecule has 110 valence electrons. The van der Waals surface area contributed by atoms with Crippen LogP contribution in [0.1, 0.15) is 36.1 Å². The zero-order valence-electron chi connectivity index (χ0n) is 12.2. The summed E-state index contributed by atoms with van der Waals surface area (Å²) in [6.45, 7) is 4.99. The van der Waals surface area contributed by atoms with E-state index in [9.17, 15) is 0 Å². The molecule has 0 fully saturated rings. The summed E-state index contributed by atoms with van der Waals surface area (Å²) in [5, 5.41) is 0. The Bertz CT molecular complexity index is 612. The molecule has 0 aromatic carbocycles. The van der Waals surface area contributed by atoms with Crippen LogP contribution < -0.4 is 0 Å². The maximum Gasteiger partial charge on any atom is 0.128 e. The summed E-state index contributed by atoms with van der Waals surface area (Å²) < 4.78 is 1.02. The smallest absolute Gasteiger partial charge is 0.128 e.